The van der Waals surface area contributed by atoms with Crippen LogP contribution in [0.2, 0.25) is 0 Å². The summed E-state index contributed by atoms with van der Waals surface area (Å²) in [5.74, 6) is -3.71. The van der Waals surface area contributed by atoms with Crippen molar-refractivity contribution in [3.63, 3.8) is 0 Å². The number of carboxylic acids is 3. The zero-order chi connectivity index (χ0) is 21.8. The molecule has 0 amide bonds. The first-order chi connectivity index (χ1) is 12.5. The van der Waals surface area contributed by atoms with Crippen LogP contribution in [0.15, 0.2) is 0 Å². The molecular formula is C15H27GaO12. The number of carbonyl (C=O) groups is 3. The van der Waals surface area contributed by atoms with Gasteiger partial charge in [0, 0.05) is 21.3 Å². The molecule has 0 aromatic rings. The Morgan fingerprint density at radius 2 is 0.786 bits per heavy atom. The summed E-state index contributed by atoms with van der Waals surface area (Å²) in [5.41, 5.74) is 0. The van der Waals surface area contributed by atoms with Crippen LogP contribution >= 0.6 is 0 Å². The molecule has 3 atom stereocenters. The molecule has 0 saturated heterocycles. The zero-order valence-corrected chi connectivity index (χ0v) is 19.3. The largest absolute Gasteiger partial charge is 3.00 e. The molecular weight excluding hydrogens is 442 g/mol. The minimum Gasteiger partial charge on any atom is -0.548 e. The van der Waals surface area contributed by atoms with Gasteiger partial charge < -0.3 is 58.1 Å². The maximum Gasteiger partial charge on any atom is 3.00 e. The van der Waals surface area contributed by atoms with Crippen LogP contribution in [0.4, 0.5) is 0 Å². The number of hydrogen-bond donors (Lipinski definition) is 0. The fraction of sp³-hybridized carbons (Fsp3) is 0.800. The molecule has 0 aromatic carbocycles. The molecule has 0 N–H and O–H groups in total. The summed E-state index contributed by atoms with van der Waals surface area (Å²) < 4.78 is 27.5. The van der Waals surface area contributed by atoms with E-state index in [-0.39, 0.29) is 19.8 Å². The summed E-state index contributed by atoms with van der Waals surface area (Å²) in [6.45, 7) is 3.54. The standard InChI is InChI=1S/3C5H10O4.Ga/c3*1-4(8-2)9-3-5(6)7;/h3*4H,3H2,1-2H3,(H,6,7);/q;;;+3/p-3. The van der Waals surface area contributed by atoms with Gasteiger partial charge in [-0.2, -0.15) is 0 Å². The second kappa shape index (κ2) is 23.8. The van der Waals surface area contributed by atoms with E-state index in [0.717, 1.165) is 0 Å². The minimum absolute atomic E-state index is 0. The Bertz CT molecular complexity index is 336. The van der Waals surface area contributed by atoms with Crippen molar-refractivity contribution in [3.05, 3.63) is 0 Å². The summed E-state index contributed by atoms with van der Waals surface area (Å²) in [5, 5.41) is 29.2. The zero-order valence-electron chi connectivity index (χ0n) is 16.8. The van der Waals surface area contributed by atoms with Crippen molar-refractivity contribution in [2.45, 2.75) is 39.6 Å². The van der Waals surface area contributed by atoms with Gasteiger partial charge in [-0.05, 0) is 20.8 Å². The Morgan fingerprint density at radius 1 is 0.607 bits per heavy atom. The molecule has 162 valence electrons. The summed E-state index contributed by atoms with van der Waals surface area (Å²) in [6, 6.07) is 0. The fourth-order valence-corrected chi connectivity index (χ4v) is 0.760. The number of ether oxygens (including phenoxy) is 6. The Kier molecular flexibility index (Phi) is 29.2. The van der Waals surface area contributed by atoms with Crippen molar-refractivity contribution in [2.75, 3.05) is 41.2 Å². The third kappa shape index (κ3) is 35.8. The molecule has 28 heavy (non-hydrogen) atoms. The van der Waals surface area contributed by atoms with Crippen molar-refractivity contribution >= 4 is 37.7 Å². The normalized spacial score (nSPS) is 12.6. The molecule has 0 bridgehead atoms. The van der Waals surface area contributed by atoms with Gasteiger partial charge in [0.15, 0.2) is 18.9 Å². The fourth-order valence-electron chi connectivity index (χ4n) is 0.760. The molecule has 13 heteroatoms. The van der Waals surface area contributed by atoms with Gasteiger partial charge in [-0.1, -0.05) is 0 Å². The van der Waals surface area contributed by atoms with E-state index in [1.54, 1.807) is 20.8 Å². The van der Waals surface area contributed by atoms with Crippen LogP contribution in [0.25, 0.3) is 0 Å². The second-order valence-corrected chi connectivity index (χ2v) is 4.46. The predicted molar refractivity (Wildman–Crippen MR) is 88.0 cm³/mol. The van der Waals surface area contributed by atoms with Gasteiger partial charge in [0.25, 0.3) is 0 Å². The van der Waals surface area contributed by atoms with Crippen molar-refractivity contribution < 1.29 is 58.1 Å². The van der Waals surface area contributed by atoms with Gasteiger partial charge in [0.2, 0.25) is 0 Å². The maximum absolute atomic E-state index is 9.73. The van der Waals surface area contributed by atoms with Crippen molar-refractivity contribution in [1.82, 2.24) is 0 Å². The number of hydrogen-bond acceptors (Lipinski definition) is 12. The first-order valence-electron chi connectivity index (χ1n) is 7.52. The topological polar surface area (TPSA) is 176 Å². The van der Waals surface area contributed by atoms with E-state index in [1.807, 2.05) is 0 Å². The van der Waals surface area contributed by atoms with Crippen molar-refractivity contribution in [1.29, 1.82) is 0 Å². The summed E-state index contributed by atoms with van der Waals surface area (Å²) in [6.07, 6.45) is -1.45. The average Bonchev–Trinajstić information content (AvgIpc) is 2.62. The predicted octanol–water partition coefficient (Wildman–Crippen LogP) is -4.14. The quantitative estimate of drug-likeness (QED) is 0.200. The van der Waals surface area contributed by atoms with E-state index in [9.17, 15) is 29.7 Å². The molecule has 0 aliphatic rings. The summed E-state index contributed by atoms with van der Waals surface area (Å²) in [7, 11) is 4.29. The molecule has 0 fully saturated rings. The van der Waals surface area contributed by atoms with Gasteiger partial charge in [-0.15, -0.1) is 0 Å². The molecule has 0 radical (unpaired) electrons. The summed E-state index contributed by atoms with van der Waals surface area (Å²) in [4.78, 5) is 29.2. The van der Waals surface area contributed by atoms with E-state index >= 15 is 0 Å². The maximum atomic E-state index is 9.73. The van der Waals surface area contributed by atoms with Crippen LogP contribution in [0, 0.1) is 0 Å². The van der Waals surface area contributed by atoms with E-state index < -0.39 is 56.6 Å². The molecule has 12 nitrogen and oxygen atoms in total. The number of rotatable bonds is 12. The van der Waals surface area contributed by atoms with E-state index in [2.05, 4.69) is 28.4 Å². The van der Waals surface area contributed by atoms with Gasteiger partial charge in [0.05, 0.1) is 37.7 Å². The number of aliphatic carboxylic acids is 3. The number of carboxylic acid groups (broad SMARTS) is 3. The van der Waals surface area contributed by atoms with Crippen molar-refractivity contribution in [3.8, 4) is 0 Å². The Hall–Kier alpha value is -1.19. The second-order valence-electron chi connectivity index (χ2n) is 4.46. The monoisotopic (exact) mass is 468 g/mol. The van der Waals surface area contributed by atoms with Crippen LogP contribution in [-0.2, 0) is 42.8 Å². The van der Waals surface area contributed by atoms with Gasteiger partial charge in [0.1, 0.15) is 0 Å². The van der Waals surface area contributed by atoms with E-state index in [4.69, 9.17) is 0 Å². The van der Waals surface area contributed by atoms with E-state index in [1.165, 1.54) is 21.3 Å². The molecule has 0 heterocycles. The van der Waals surface area contributed by atoms with Crippen LogP contribution in [-0.4, -0.2) is 97.7 Å². The minimum atomic E-state index is -1.24. The van der Waals surface area contributed by atoms with Crippen molar-refractivity contribution in [2.24, 2.45) is 0 Å². The smallest absolute Gasteiger partial charge is 0.548 e. The van der Waals surface area contributed by atoms with Gasteiger partial charge >= 0.3 is 19.8 Å². The SMILES string of the molecule is COC(C)OCC(=O)[O-].COC(C)OCC(=O)[O-].COC(C)OCC(=O)[O-].[Ga+3]. The average molecular weight is 469 g/mol. The van der Waals surface area contributed by atoms with E-state index in [0.29, 0.717) is 0 Å². The first-order valence-corrected chi connectivity index (χ1v) is 7.52. The Balaban J connectivity index is -0.000000152. The third-order valence-corrected chi connectivity index (χ3v) is 2.30. The van der Waals surface area contributed by atoms with Gasteiger partial charge in [-0.3, -0.25) is 0 Å². The number of carbonyl (C=O) groups excluding carboxylic acids is 3. The summed E-state index contributed by atoms with van der Waals surface area (Å²) >= 11 is 0. The van der Waals surface area contributed by atoms with Crippen LogP contribution < -0.4 is 15.3 Å². The molecule has 0 aromatic heterocycles. The molecule has 0 aliphatic heterocycles. The number of methoxy groups -OCH3 is 3. The van der Waals surface area contributed by atoms with Crippen LogP contribution in [0.1, 0.15) is 20.8 Å². The van der Waals surface area contributed by atoms with Crippen LogP contribution in [0.5, 0.6) is 0 Å². The molecule has 0 spiro atoms. The Morgan fingerprint density at radius 3 is 0.893 bits per heavy atom. The molecule has 0 saturated carbocycles. The van der Waals surface area contributed by atoms with Crippen LogP contribution in [0.3, 0.4) is 0 Å². The first kappa shape index (κ1) is 34.3. The third-order valence-electron chi connectivity index (χ3n) is 2.30. The molecule has 3 unspecified atom stereocenters. The molecule has 0 aliphatic carbocycles. The Labute approximate surface area is 177 Å². The molecule has 0 rings (SSSR count). The van der Waals surface area contributed by atoms with Gasteiger partial charge in [-0.25, -0.2) is 0 Å².